The molecule has 2 aromatic rings. The molecule has 0 fully saturated rings. The van der Waals surface area contributed by atoms with Crippen LogP contribution in [0.15, 0.2) is 30.6 Å². The topological polar surface area (TPSA) is 68.5 Å². The highest BCUT2D eigenvalue weighted by Crippen LogP contribution is 2.35. The third kappa shape index (κ3) is 4.03. The molecule has 0 aliphatic heterocycles. The number of ether oxygens (including phenoxy) is 2. The fraction of sp³-hybridized carbons (Fsp3) is 0.357. The maximum Gasteiger partial charge on any atom is 0.143 e. The summed E-state index contributed by atoms with van der Waals surface area (Å²) in [7, 11) is 3.10. The first-order valence-corrected chi connectivity index (χ1v) is 6.82. The standard InChI is InChI=1S/C14H18ClN3O3/c1-20-13-7-12(14(21-2)6-11(13)15)16-8-10(19)9-18-5-3-4-17-18/h3-7,10,16,19H,8-9H2,1-2H3. The van der Waals surface area contributed by atoms with Crippen LogP contribution in [0.2, 0.25) is 5.02 Å². The number of hydrogen-bond donors (Lipinski definition) is 2. The third-order valence-corrected chi connectivity index (χ3v) is 3.25. The lowest BCUT2D eigenvalue weighted by molar-refractivity contribution is 0.161. The van der Waals surface area contributed by atoms with Gasteiger partial charge in [-0.05, 0) is 6.07 Å². The van der Waals surface area contributed by atoms with Gasteiger partial charge in [0.1, 0.15) is 11.5 Å². The van der Waals surface area contributed by atoms with E-state index in [9.17, 15) is 5.11 Å². The van der Waals surface area contributed by atoms with Crippen LogP contribution >= 0.6 is 11.6 Å². The van der Waals surface area contributed by atoms with Crippen LogP contribution in [0.1, 0.15) is 0 Å². The fourth-order valence-corrected chi connectivity index (χ4v) is 2.15. The number of nitrogens with zero attached hydrogens (tertiary/aromatic N) is 2. The Kier molecular flexibility index (Phi) is 5.30. The molecule has 6 nitrogen and oxygen atoms in total. The molecule has 0 spiro atoms. The molecule has 1 atom stereocenters. The summed E-state index contributed by atoms with van der Waals surface area (Å²) in [6.07, 6.45) is 2.89. The highest BCUT2D eigenvalue weighted by molar-refractivity contribution is 6.32. The van der Waals surface area contributed by atoms with Crippen molar-refractivity contribution in [1.29, 1.82) is 0 Å². The van der Waals surface area contributed by atoms with Crippen LogP contribution in [0.5, 0.6) is 11.5 Å². The molecule has 0 aliphatic carbocycles. The summed E-state index contributed by atoms with van der Waals surface area (Å²) in [4.78, 5) is 0. The largest absolute Gasteiger partial charge is 0.495 e. The van der Waals surface area contributed by atoms with Gasteiger partial charge in [-0.3, -0.25) is 4.68 Å². The van der Waals surface area contributed by atoms with E-state index >= 15 is 0 Å². The van der Waals surface area contributed by atoms with Gasteiger partial charge in [-0.15, -0.1) is 0 Å². The molecule has 114 valence electrons. The van der Waals surface area contributed by atoms with Crippen molar-refractivity contribution in [2.75, 3.05) is 26.1 Å². The Morgan fingerprint density at radius 3 is 2.71 bits per heavy atom. The first-order chi connectivity index (χ1) is 10.1. The zero-order valence-corrected chi connectivity index (χ0v) is 12.7. The van der Waals surface area contributed by atoms with Crippen LogP contribution in [-0.2, 0) is 6.54 Å². The molecule has 0 saturated heterocycles. The van der Waals surface area contributed by atoms with Crippen LogP contribution in [0.25, 0.3) is 0 Å². The van der Waals surface area contributed by atoms with E-state index in [-0.39, 0.29) is 0 Å². The van der Waals surface area contributed by atoms with Crippen LogP contribution in [0.3, 0.4) is 0 Å². The third-order valence-electron chi connectivity index (χ3n) is 2.96. The molecule has 0 radical (unpaired) electrons. The number of nitrogens with one attached hydrogen (secondary N) is 1. The summed E-state index contributed by atoms with van der Waals surface area (Å²) in [5, 5.41) is 17.6. The zero-order valence-electron chi connectivity index (χ0n) is 11.9. The van der Waals surface area contributed by atoms with Gasteiger partial charge in [0.15, 0.2) is 0 Å². The van der Waals surface area contributed by atoms with E-state index in [2.05, 4.69) is 10.4 Å². The van der Waals surface area contributed by atoms with E-state index in [4.69, 9.17) is 21.1 Å². The molecular formula is C14H18ClN3O3. The Morgan fingerprint density at radius 1 is 1.33 bits per heavy atom. The van der Waals surface area contributed by atoms with Gasteiger partial charge in [-0.25, -0.2) is 0 Å². The Labute approximate surface area is 128 Å². The van der Waals surface area contributed by atoms with Crippen LogP contribution in [0.4, 0.5) is 5.69 Å². The first-order valence-electron chi connectivity index (χ1n) is 6.45. The van der Waals surface area contributed by atoms with E-state index in [0.717, 1.165) is 0 Å². The van der Waals surface area contributed by atoms with Gasteiger partial charge in [-0.2, -0.15) is 5.10 Å². The summed E-state index contributed by atoms with van der Waals surface area (Å²) in [6, 6.07) is 5.22. The molecule has 0 saturated carbocycles. The number of hydrogen-bond acceptors (Lipinski definition) is 5. The molecule has 1 aromatic heterocycles. The minimum absolute atomic E-state index is 0.348. The van der Waals surface area contributed by atoms with Crippen molar-refractivity contribution in [2.45, 2.75) is 12.6 Å². The fourth-order valence-electron chi connectivity index (χ4n) is 1.92. The van der Waals surface area contributed by atoms with Crippen LogP contribution < -0.4 is 14.8 Å². The molecule has 0 bridgehead atoms. The first kappa shape index (κ1) is 15.5. The van der Waals surface area contributed by atoms with Crippen molar-refractivity contribution in [2.24, 2.45) is 0 Å². The molecule has 1 unspecified atom stereocenters. The summed E-state index contributed by atoms with van der Waals surface area (Å²) in [5.41, 5.74) is 0.707. The van der Waals surface area contributed by atoms with Gasteiger partial charge in [0.2, 0.25) is 0 Å². The smallest absolute Gasteiger partial charge is 0.143 e. The number of rotatable bonds is 7. The molecular weight excluding hydrogens is 294 g/mol. The number of aliphatic hydroxyl groups excluding tert-OH is 1. The second-order valence-corrected chi connectivity index (χ2v) is 4.86. The van der Waals surface area contributed by atoms with Crippen molar-refractivity contribution >= 4 is 17.3 Å². The highest BCUT2D eigenvalue weighted by atomic mass is 35.5. The SMILES string of the molecule is COc1cc(NCC(O)Cn2cccn2)c(OC)cc1Cl. The average Bonchev–Trinajstić information content (AvgIpc) is 2.98. The molecule has 1 aromatic carbocycles. The lowest BCUT2D eigenvalue weighted by Gasteiger charge is -2.16. The predicted molar refractivity (Wildman–Crippen MR) is 81.3 cm³/mol. The number of anilines is 1. The lowest BCUT2D eigenvalue weighted by atomic mass is 10.2. The molecule has 1 heterocycles. The maximum atomic E-state index is 10.0. The summed E-state index contributed by atoms with van der Waals surface area (Å²) < 4.78 is 12.1. The zero-order chi connectivity index (χ0) is 15.2. The van der Waals surface area contributed by atoms with E-state index in [1.807, 2.05) is 6.07 Å². The van der Waals surface area contributed by atoms with Gasteiger partial charge in [-0.1, -0.05) is 11.6 Å². The predicted octanol–water partition coefficient (Wildman–Crippen LogP) is 2.03. The number of benzene rings is 1. The molecule has 7 heteroatoms. The van der Waals surface area contributed by atoms with E-state index in [1.165, 1.54) is 0 Å². The Balaban J connectivity index is 2.01. The van der Waals surface area contributed by atoms with Gasteiger partial charge in [0, 0.05) is 31.1 Å². The van der Waals surface area contributed by atoms with Crippen molar-refractivity contribution in [1.82, 2.24) is 9.78 Å². The minimum Gasteiger partial charge on any atom is -0.495 e. The Bertz CT molecular complexity index is 575. The van der Waals surface area contributed by atoms with E-state index in [0.29, 0.717) is 35.3 Å². The van der Waals surface area contributed by atoms with Gasteiger partial charge in [0.25, 0.3) is 0 Å². The Morgan fingerprint density at radius 2 is 2.10 bits per heavy atom. The maximum absolute atomic E-state index is 10.0. The van der Waals surface area contributed by atoms with Crippen LogP contribution in [0, 0.1) is 0 Å². The van der Waals surface area contributed by atoms with Crippen molar-refractivity contribution in [3.8, 4) is 11.5 Å². The molecule has 2 N–H and O–H groups in total. The van der Waals surface area contributed by atoms with Gasteiger partial charge < -0.3 is 19.9 Å². The number of halogens is 1. The lowest BCUT2D eigenvalue weighted by Crippen LogP contribution is -2.25. The second-order valence-electron chi connectivity index (χ2n) is 4.45. The number of aromatic nitrogens is 2. The highest BCUT2D eigenvalue weighted by Gasteiger charge is 2.12. The van der Waals surface area contributed by atoms with E-state index in [1.54, 1.807) is 43.4 Å². The number of aliphatic hydroxyl groups is 1. The molecule has 0 aliphatic rings. The van der Waals surface area contributed by atoms with Crippen molar-refractivity contribution < 1.29 is 14.6 Å². The monoisotopic (exact) mass is 311 g/mol. The summed E-state index contributed by atoms with van der Waals surface area (Å²) >= 11 is 6.04. The second kappa shape index (κ2) is 7.19. The van der Waals surface area contributed by atoms with Gasteiger partial charge in [0.05, 0.1) is 37.6 Å². The average molecular weight is 312 g/mol. The molecule has 0 amide bonds. The number of methoxy groups -OCH3 is 2. The van der Waals surface area contributed by atoms with Gasteiger partial charge >= 0.3 is 0 Å². The molecule has 21 heavy (non-hydrogen) atoms. The quantitative estimate of drug-likeness (QED) is 0.819. The minimum atomic E-state index is -0.587. The van der Waals surface area contributed by atoms with Crippen molar-refractivity contribution in [3.05, 3.63) is 35.6 Å². The summed E-state index contributed by atoms with van der Waals surface area (Å²) in [5.74, 6) is 1.13. The van der Waals surface area contributed by atoms with Crippen molar-refractivity contribution in [3.63, 3.8) is 0 Å². The normalized spacial score (nSPS) is 12.0. The van der Waals surface area contributed by atoms with E-state index < -0.39 is 6.10 Å². The van der Waals surface area contributed by atoms with Crippen LogP contribution in [-0.4, -0.2) is 41.8 Å². The Hall–Kier alpha value is -1.92. The summed E-state index contributed by atoms with van der Waals surface area (Å²) in [6.45, 7) is 0.758. The molecule has 2 rings (SSSR count).